The predicted molar refractivity (Wildman–Crippen MR) is 149 cm³/mol. The summed E-state index contributed by atoms with van der Waals surface area (Å²) >= 11 is 0. The van der Waals surface area contributed by atoms with E-state index < -0.39 is 34.6 Å². The highest BCUT2D eigenvalue weighted by atomic mass is 32.2. The van der Waals surface area contributed by atoms with Gasteiger partial charge in [0.05, 0.1) is 10.6 Å². The van der Waals surface area contributed by atoms with E-state index in [1.165, 1.54) is 12.1 Å². The molecule has 4 nitrogen and oxygen atoms in total. The van der Waals surface area contributed by atoms with Crippen molar-refractivity contribution in [3.63, 3.8) is 0 Å². The van der Waals surface area contributed by atoms with Crippen LogP contribution in [0.1, 0.15) is 31.9 Å². The van der Waals surface area contributed by atoms with E-state index in [-0.39, 0.29) is 17.4 Å². The van der Waals surface area contributed by atoms with Gasteiger partial charge in [0.2, 0.25) is 0 Å². The third-order valence-corrected chi connectivity index (χ3v) is 7.08. The summed E-state index contributed by atoms with van der Waals surface area (Å²) in [5.74, 6) is 4.46. The van der Waals surface area contributed by atoms with Crippen molar-refractivity contribution in [1.29, 1.82) is 0 Å². The van der Waals surface area contributed by atoms with Crippen LogP contribution in [0.15, 0.2) is 88.9 Å². The maximum Gasteiger partial charge on any atom is 0.407 e. The second-order valence-electron chi connectivity index (χ2n) is 9.37. The predicted octanol–water partition coefficient (Wildman–Crippen LogP) is 6.65. The normalized spacial score (nSPS) is 15.1. The van der Waals surface area contributed by atoms with Gasteiger partial charge < -0.3 is 0 Å². The maximum atomic E-state index is 13.5. The summed E-state index contributed by atoms with van der Waals surface area (Å²) in [5, 5.41) is 5.48. The van der Waals surface area contributed by atoms with Gasteiger partial charge in [-0.05, 0) is 49.6 Å². The molecule has 39 heavy (non-hydrogen) atoms. The Morgan fingerprint density at radius 1 is 1.08 bits per heavy atom. The van der Waals surface area contributed by atoms with Crippen molar-refractivity contribution in [3.8, 4) is 11.8 Å². The molecule has 0 bridgehead atoms. The van der Waals surface area contributed by atoms with E-state index in [0.29, 0.717) is 17.7 Å². The van der Waals surface area contributed by atoms with Crippen molar-refractivity contribution in [2.45, 2.75) is 44.4 Å². The topological polar surface area (TPSA) is 49.7 Å². The van der Waals surface area contributed by atoms with Gasteiger partial charge in [0, 0.05) is 24.6 Å². The molecule has 0 N–H and O–H groups in total. The average Bonchev–Trinajstić information content (AvgIpc) is 2.87. The molecule has 0 radical (unpaired) electrons. The minimum Gasteiger partial charge on any atom is -0.287 e. The Morgan fingerprint density at radius 2 is 1.69 bits per heavy atom. The lowest BCUT2D eigenvalue weighted by atomic mass is 9.90. The van der Waals surface area contributed by atoms with Gasteiger partial charge in [-0.25, -0.2) is 12.8 Å². The Morgan fingerprint density at radius 3 is 2.23 bits per heavy atom. The third kappa shape index (κ3) is 11.1. The van der Waals surface area contributed by atoms with Crippen LogP contribution in [-0.2, 0) is 16.3 Å². The number of nitrogens with zero attached hydrogens (tertiary/aromatic N) is 2. The van der Waals surface area contributed by atoms with Crippen LogP contribution in [-0.4, -0.2) is 50.8 Å². The highest BCUT2D eigenvalue weighted by Gasteiger charge is 2.31. The Kier molecular flexibility index (Phi) is 11.5. The fraction of sp³-hybridized carbons (Fsp3) is 0.367. The van der Waals surface area contributed by atoms with E-state index >= 15 is 0 Å². The molecule has 0 aromatic heterocycles. The second kappa shape index (κ2) is 14.1. The summed E-state index contributed by atoms with van der Waals surface area (Å²) in [6.45, 7) is 7.53. The molecule has 0 aliphatic rings. The van der Waals surface area contributed by atoms with Gasteiger partial charge in [-0.15, -0.1) is 0 Å². The number of allylic oxidation sites excluding steroid dienone is 3. The maximum absolute atomic E-state index is 13.5. The summed E-state index contributed by atoms with van der Waals surface area (Å²) in [7, 11) is -3.46. The molecular formula is C30H34F4N2O2S. The lowest BCUT2D eigenvalue weighted by Gasteiger charge is -2.25. The quantitative estimate of drug-likeness (QED) is 0.101. The van der Waals surface area contributed by atoms with Gasteiger partial charge in [0.25, 0.3) is 0 Å². The Bertz CT molecular complexity index is 1320. The van der Waals surface area contributed by atoms with E-state index in [0.717, 1.165) is 28.5 Å². The first-order valence-corrected chi connectivity index (χ1v) is 14.3. The van der Waals surface area contributed by atoms with Gasteiger partial charge in [-0.1, -0.05) is 79.5 Å². The molecule has 210 valence electrons. The molecule has 3 unspecified atom stereocenters. The van der Waals surface area contributed by atoms with Crippen LogP contribution in [0.5, 0.6) is 0 Å². The molecule has 2 rings (SSSR count). The highest BCUT2D eigenvalue weighted by molar-refractivity contribution is 7.90. The minimum atomic E-state index is -4.49. The number of benzene rings is 2. The van der Waals surface area contributed by atoms with Gasteiger partial charge >= 0.3 is 6.18 Å². The summed E-state index contributed by atoms with van der Waals surface area (Å²) < 4.78 is 78.0. The number of hydrazone groups is 1. The first-order valence-electron chi connectivity index (χ1n) is 12.4. The molecule has 0 amide bonds. The first kappa shape index (κ1) is 31.8. The van der Waals surface area contributed by atoms with Crippen LogP contribution in [0.4, 0.5) is 17.6 Å². The monoisotopic (exact) mass is 562 g/mol. The van der Waals surface area contributed by atoms with E-state index in [1.54, 1.807) is 26.0 Å². The molecule has 0 saturated heterocycles. The summed E-state index contributed by atoms with van der Waals surface area (Å²) in [6, 6.07) is 15.1. The minimum absolute atomic E-state index is 0.0191. The number of halogens is 4. The van der Waals surface area contributed by atoms with Gasteiger partial charge in [-0.2, -0.15) is 18.3 Å². The van der Waals surface area contributed by atoms with Crippen LogP contribution in [0.3, 0.4) is 0 Å². The largest absolute Gasteiger partial charge is 0.407 e. The summed E-state index contributed by atoms with van der Waals surface area (Å²) in [5.41, 5.74) is 2.48. The van der Waals surface area contributed by atoms with Gasteiger partial charge in [0.15, 0.2) is 16.0 Å². The molecule has 0 aliphatic carbocycles. The van der Waals surface area contributed by atoms with Crippen LogP contribution in [0.2, 0.25) is 0 Å². The Balaban J connectivity index is 2.53. The average molecular weight is 563 g/mol. The van der Waals surface area contributed by atoms with Crippen molar-refractivity contribution in [2.75, 3.05) is 19.3 Å². The molecule has 0 heterocycles. The second-order valence-corrected chi connectivity index (χ2v) is 11.4. The zero-order valence-corrected chi connectivity index (χ0v) is 23.4. The number of rotatable bonds is 11. The smallest absolute Gasteiger partial charge is 0.287 e. The van der Waals surface area contributed by atoms with Crippen LogP contribution >= 0.6 is 0 Å². The van der Waals surface area contributed by atoms with E-state index in [1.807, 2.05) is 43.3 Å². The first-order chi connectivity index (χ1) is 18.2. The Hall–Kier alpha value is -3.38. The molecule has 0 aliphatic heterocycles. The van der Waals surface area contributed by atoms with Crippen molar-refractivity contribution in [2.24, 2.45) is 16.9 Å². The zero-order valence-electron chi connectivity index (χ0n) is 22.5. The number of sulfone groups is 1. The molecule has 9 heteroatoms. The number of hydrogen-bond acceptors (Lipinski definition) is 4. The Labute approximate surface area is 229 Å². The van der Waals surface area contributed by atoms with Gasteiger partial charge in [-0.3, -0.25) is 5.01 Å². The van der Waals surface area contributed by atoms with E-state index in [9.17, 15) is 26.0 Å². The lowest BCUT2D eigenvalue weighted by molar-refractivity contribution is -0.145. The van der Waals surface area contributed by atoms with Crippen molar-refractivity contribution in [3.05, 3.63) is 90.0 Å². The number of alkyl halides is 4. The van der Waals surface area contributed by atoms with E-state index in [4.69, 9.17) is 0 Å². The molecule has 2 aromatic carbocycles. The third-order valence-electron chi connectivity index (χ3n) is 5.95. The van der Waals surface area contributed by atoms with Crippen LogP contribution < -0.4 is 0 Å². The van der Waals surface area contributed by atoms with Crippen LogP contribution in [0.25, 0.3) is 0 Å². The standard InChI is InChI=1S/C30H34F4N2O2S/c1-6-27(31)15-12-22(2)20-23(3)24(4)29(26-13-16-28(17-14-26)39(5,37)38)35-36(21-30(32,33)34)19-18-25-10-8-7-9-11-25/h6-11,13-14,16-17,20,22,24,27H,1,18-19,21H2,2-5H3/b23-20+,35-29+. The van der Waals surface area contributed by atoms with Crippen molar-refractivity contribution >= 4 is 15.5 Å². The molecule has 3 atom stereocenters. The zero-order chi connectivity index (χ0) is 29.2. The SMILES string of the molecule is C=CC(F)C#CC(C)/C=C(\C)C(C)/C(=N\N(CCc1ccccc1)CC(F)(F)F)c1ccc(S(C)(=O)=O)cc1. The van der Waals surface area contributed by atoms with E-state index in [2.05, 4.69) is 23.5 Å². The molecular weight excluding hydrogens is 528 g/mol. The summed E-state index contributed by atoms with van der Waals surface area (Å²) in [4.78, 5) is 0.0913. The summed E-state index contributed by atoms with van der Waals surface area (Å²) in [6.07, 6.45) is -1.61. The van der Waals surface area contributed by atoms with Crippen molar-refractivity contribution in [1.82, 2.24) is 5.01 Å². The van der Waals surface area contributed by atoms with Crippen molar-refractivity contribution < 1.29 is 26.0 Å². The molecule has 0 saturated carbocycles. The lowest BCUT2D eigenvalue weighted by Crippen LogP contribution is -2.34. The van der Waals surface area contributed by atoms with Gasteiger partial charge in [0.1, 0.15) is 6.54 Å². The molecule has 0 fully saturated rings. The molecule has 0 spiro atoms. The van der Waals surface area contributed by atoms with Crippen LogP contribution in [0, 0.1) is 23.7 Å². The molecule has 2 aromatic rings. The fourth-order valence-corrected chi connectivity index (χ4v) is 4.39. The highest BCUT2D eigenvalue weighted by Crippen LogP contribution is 2.24. The fourth-order valence-electron chi connectivity index (χ4n) is 3.76. The number of hydrogen-bond donors (Lipinski definition) is 0.